The predicted molar refractivity (Wildman–Crippen MR) is 79.2 cm³/mol. The van der Waals surface area contributed by atoms with E-state index in [0.717, 1.165) is 0 Å². The highest BCUT2D eigenvalue weighted by Crippen LogP contribution is 2.40. The highest BCUT2D eigenvalue weighted by Gasteiger charge is 2.31. The molecule has 0 fully saturated rings. The maximum absolute atomic E-state index is 13.7. The lowest BCUT2D eigenvalue weighted by molar-refractivity contribution is -0.149. The van der Waals surface area contributed by atoms with Crippen molar-refractivity contribution in [3.63, 3.8) is 0 Å². The molecule has 0 aliphatic heterocycles. The highest BCUT2D eigenvalue weighted by molar-refractivity contribution is 7.45. The van der Waals surface area contributed by atoms with Gasteiger partial charge in [0.15, 0.2) is 0 Å². The van der Waals surface area contributed by atoms with Gasteiger partial charge in [0.2, 0.25) is 34.8 Å². The van der Waals surface area contributed by atoms with Gasteiger partial charge < -0.3 is 13.8 Å². The van der Waals surface area contributed by atoms with Crippen LogP contribution in [0, 0.1) is 29.1 Å². The molecule has 0 bridgehead atoms. The summed E-state index contributed by atoms with van der Waals surface area (Å²) in [5.74, 6) is -13.1. The van der Waals surface area contributed by atoms with Gasteiger partial charge in [0, 0.05) is 0 Å². The molecule has 1 aromatic rings. The zero-order valence-electron chi connectivity index (χ0n) is 13.8. The number of hydrogen-bond donors (Lipinski definition) is 1. The van der Waals surface area contributed by atoms with Crippen molar-refractivity contribution in [2.75, 3.05) is 6.61 Å². The molecule has 0 heterocycles. The summed E-state index contributed by atoms with van der Waals surface area (Å²) >= 11 is 0. The second-order valence-electron chi connectivity index (χ2n) is 5.00. The van der Waals surface area contributed by atoms with Crippen molar-refractivity contribution in [1.29, 1.82) is 0 Å². The van der Waals surface area contributed by atoms with Crippen molar-refractivity contribution in [1.82, 2.24) is 5.09 Å². The summed E-state index contributed by atoms with van der Waals surface area (Å²) in [7, 11) is -2.39. The van der Waals surface area contributed by atoms with E-state index in [0.29, 0.717) is 0 Å². The Hall–Kier alpha value is -1.51. The third-order valence-corrected chi connectivity index (χ3v) is 4.03. The van der Waals surface area contributed by atoms with Crippen LogP contribution in [0.3, 0.4) is 0 Å². The lowest BCUT2D eigenvalue weighted by atomic mass is 10.3. The molecule has 1 aromatic carbocycles. The molecule has 1 N–H and O–H groups in total. The Balaban J connectivity index is 3.01. The van der Waals surface area contributed by atoms with E-state index in [-0.39, 0.29) is 6.61 Å². The maximum atomic E-state index is 13.7. The van der Waals surface area contributed by atoms with Gasteiger partial charge in [0.1, 0.15) is 6.04 Å². The van der Waals surface area contributed by atoms with Gasteiger partial charge in [-0.2, -0.15) is 8.78 Å². The number of carbonyl (C=O) groups is 1. The monoisotopic (exact) mass is 389 g/mol. The van der Waals surface area contributed by atoms with Gasteiger partial charge in [0.05, 0.1) is 12.7 Å². The number of halogens is 5. The van der Waals surface area contributed by atoms with E-state index in [1.54, 1.807) is 13.8 Å². The van der Waals surface area contributed by atoms with Crippen LogP contribution in [-0.2, 0) is 14.1 Å². The van der Waals surface area contributed by atoms with Crippen molar-refractivity contribution in [2.24, 2.45) is 0 Å². The molecule has 0 aromatic heterocycles. The molecule has 0 aliphatic rings. The average Bonchev–Trinajstić information content (AvgIpc) is 2.54. The number of rotatable bonds is 8. The Morgan fingerprint density at radius 1 is 1.00 bits per heavy atom. The number of nitrogens with one attached hydrogen (secondary N) is 1. The fourth-order valence-electron chi connectivity index (χ4n) is 1.50. The largest absolute Gasteiger partial charge is 0.462 e. The van der Waals surface area contributed by atoms with Gasteiger partial charge in [-0.05, 0) is 27.7 Å². The third kappa shape index (κ3) is 5.49. The van der Waals surface area contributed by atoms with Crippen molar-refractivity contribution < 1.29 is 40.5 Å². The zero-order chi connectivity index (χ0) is 19.3. The molecule has 0 radical (unpaired) electrons. The van der Waals surface area contributed by atoms with Gasteiger partial charge in [-0.15, -0.1) is 0 Å². The summed E-state index contributed by atoms with van der Waals surface area (Å²) in [4.78, 5) is 11.7. The van der Waals surface area contributed by atoms with Crippen LogP contribution in [0.1, 0.15) is 27.7 Å². The molecule has 1 rings (SSSR count). The van der Waals surface area contributed by atoms with E-state index in [4.69, 9.17) is 13.8 Å². The van der Waals surface area contributed by atoms with Crippen LogP contribution in [-0.4, -0.2) is 24.7 Å². The first-order chi connectivity index (χ1) is 11.6. The molecular formula is C14H17F5NO4P. The van der Waals surface area contributed by atoms with Crippen molar-refractivity contribution in [3.05, 3.63) is 29.1 Å². The molecule has 25 heavy (non-hydrogen) atoms. The Labute approximate surface area is 142 Å². The Morgan fingerprint density at radius 2 is 1.48 bits per heavy atom. The Bertz CT molecular complexity index is 603. The smallest absolute Gasteiger partial charge is 0.323 e. The maximum Gasteiger partial charge on any atom is 0.323 e. The molecule has 142 valence electrons. The van der Waals surface area contributed by atoms with Gasteiger partial charge in [-0.1, -0.05) is 0 Å². The minimum Gasteiger partial charge on any atom is -0.462 e. The number of benzene rings is 1. The molecular weight excluding hydrogens is 372 g/mol. The van der Waals surface area contributed by atoms with E-state index in [1.807, 2.05) is 0 Å². The van der Waals surface area contributed by atoms with E-state index in [9.17, 15) is 26.7 Å². The van der Waals surface area contributed by atoms with Gasteiger partial charge in [-0.3, -0.25) is 4.79 Å². The summed E-state index contributed by atoms with van der Waals surface area (Å²) in [6.07, 6.45) is -0.411. The Kier molecular flexibility index (Phi) is 7.98. The first kappa shape index (κ1) is 21.5. The van der Waals surface area contributed by atoms with Gasteiger partial charge in [-0.25, -0.2) is 18.3 Å². The average molecular weight is 389 g/mol. The molecule has 11 heteroatoms. The topological polar surface area (TPSA) is 56.8 Å². The fourth-order valence-corrected chi connectivity index (χ4v) is 2.66. The number of esters is 1. The predicted octanol–water partition coefficient (Wildman–Crippen LogP) is 3.95. The SMILES string of the molecule is CCO[P@](N[C@@H](C)C(=O)OC(C)C)Oc1c(F)c(F)c(F)c(F)c1F. The third-order valence-electron chi connectivity index (χ3n) is 2.59. The van der Waals surface area contributed by atoms with Crippen LogP contribution in [0.2, 0.25) is 0 Å². The second-order valence-corrected chi connectivity index (χ2v) is 6.21. The molecule has 0 saturated heterocycles. The lowest BCUT2D eigenvalue weighted by Crippen LogP contribution is -2.34. The van der Waals surface area contributed by atoms with Gasteiger partial charge in [0.25, 0.3) is 0 Å². The first-order valence-electron chi connectivity index (χ1n) is 7.19. The number of ether oxygens (including phenoxy) is 1. The Morgan fingerprint density at radius 3 is 1.92 bits per heavy atom. The normalized spacial score (nSPS) is 13.7. The minimum atomic E-state index is -2.39. The zero-order valence-corrected chi connectivity index (χ0v) is 14.7. The van der Waals surface area contributed by atoms with Gasteiger partial charge >= 0.3 is 14.5 Å². The van der Waals surface area contributed by atoms with Crippen LogP contribution >= 0.6 is 8.53 Å². The molecule has 0 unspecified atom stereocenters. The standard InChI is InChI=1S/C14H17F5NO4P/c1-5-22-25(20-7(4)14(21)23-6(2)3)24-13-11(18)9(16)8(15)10(17)12(13)19/h6-7,20H,5H2,1-4H3/t7-,25-/m0/s1. The van der Waals surface area contributed by atoms with Crippen LogP contribution in [0.25, 0.3) is 0 Å². The fraction of sp³-hybridized carbons (Fsp3) is 0.500. The minimum absolute atomic E-state index is 0.0138. The van der Waals surface area contributed by atoms with Crippen LogP contribution in [0.5, 0.6) is 5.75 Å². The molecule has 0 spiro atoms. The van der Waals surface area contributed by atoms with Crippen molar-refractivity contribution in [2.45, 2.75) is 39.8 Å². The first-order valence-corrected chi connectivity index (χ1v) is 8.36. The quantitative estimate of drug-likeness (QED) is 0.240. The second kappa shape index (κ2) is 9.26. The molecule has 0 aliphatic carbocycles. The number of carbonyl (C=O) groups excluding carboxylic acids is 1. The summed E-state index contributed by atoms with van der Waals surface area (Å²) in [6.45, 7) is 6.08. The van der Waals surface area contributed by atoms with E-state index >= 15 is 0 Å². The highest BCUT2D eigenvalue weighted by atomic mass is 31.2. The summed E-state index contributed by atoms with van der Waals surface area (Å²) < 4.78 is 81.5. The number of hydrogen-bond acceptors (Lipinski definition) is 5. The molecule has 2 atom stereocenters. The summed E-state index contributed by atoms with van der Waals surface area (Å²) in [6, 6.07) is -1.01. The molecule has 5 nitrogen and oxygen atoms in total. The summed E-state index contributed by atoms with van der Waals surface area (Å²) in [5.41, 5.74) is 0. The van der Waals surface area contributed by atoms with Crippen LogP contribution < -0.4 is 9.61 Å². The van der Waals surface area contributed by atoms with Crippen LogP contribution in [0.4, 0.5) is 22.0 Å². The lowest BCUT2D eigenvalue weighted by Gasteiger charge is -2.22. The van der Waals surface area contributed by atoms with Crippen LogP contribution in [0.15, 0.2) is 0 Å². The van der Waals surface area contributed by atoms with E-state index in [1.165, 1.54) is 13.8 Å². The van der Waals surface area contributed by atoms with E-state index in [2.05, 4.69) is 5.09 Å². The van der Waals surface area contributed by atoms with Crippen molar-refractivity contribution in [3.8, 4) is 5.75 Å². The van der Waals surface area contributed by atoms with E-state index < -0.39 is 61.5 Å². The summed E-state index contributed by atoms with van der Waals surface area (Å²) in [5, 5.41) is 2.45. The van der Waals surface area contributed by atoms with Crippen molar-refractivity contribution >= 4 is 14.5 Å². The molecule has 0 saturated carbocycles. The molecule has 0 amide bonds.